The van der Waals surface area contributed by atoms with Gasteiger partial charge in [-0.3, -0.25) is 4.79 Å². The Balaban J connectivity index is 2.11. The van der Waals surface area contributed by atoms with E-state index in [4.69, 9.17) is 9.47 Å². The second kappa shape index (κ2) is 10.9. The Kier molecular flexibility index (Phi) is 9.29. The monoisotopic (exact) mass is 378 g/mol. The topological polar surface area (TPSA) is 76.7 Å². The number of carbonyl (C=O) groups is 2. The Hall–Kier alpha value is -2.08. The SMILES string of the molecule is CC(C)(CCC(=O)OC(C)(C)C)NCCCNC(=O)OCc1ccccc1. The van der Waals surface area contributed by atoms with Crippen molar-refractivity contribution in [2.45, 2.75) is 71.6 Å². The molecule has 0 aromatic heterocycles. The molecule has 0 bridgehead atoms. The number of esters is 1. The molecule has 1 amide bonds. The van der Waals surface area contributed by atoms with Crippen molar-refractivity contribution in [3.8, 4) is 0 Å². The summed E-state index contributed by atoms with van der Waals surface area (Å²) in [6.45, 7) is 11.2. The summed E-state index contributed by atoms with van der Waals surface area (Å²) >= 11 is 0. The van der Waals surface area contributed by atoms with E-state index < -0.39 is 11.7 Å². The highest BCUT2D eigenvalue weighted by Gasteiger charge is 2.21. The Morgan fingerprint density at radius 2 is 1.67 bits per heavy atom. The van der Waals surface area contributed by atoms with Gasteiger partial charge in [-0.25, -0.2) is 4.79 Å². The highest BCUT2D eigenvalue weighted by atomic mass is 16.6. The molecule has 1 rings (SSSR count). The molecule has 0 aliphatic heterocycles. The summed E-state index contributed by atoms with van der Waals surface area (Å²) in [4.78, 5) is 23.5. The van der Waals surface area contributed by atoms with Crippen LogP contribution in [0, 0.1) is 0 Å². The first kappa shape index (κ1) is 23.0. The first-order chi connectivity index (χ1) is 12.6. The van der Waals surface area contributed by atoms with Crippen LogP contribution in [0.3, 0.4) is 0 Å². The first-order valence-corrected chi connectivity index (χ1v) is 9.49. The highest BCUT2D eigenvalue weighted by molar-refractivity contribution is 5.70. The lowest BCUT2D eigenvalue weighted by molar-refractivity contribution is -0.155. The summed E-state index contributed by atoms with van der Waals surface area (Å²) in [5, 5.41) is 6.15. The molecule has 0 saturated heterocycles. The van der Waals surface area contributed by atoms with Crippen molar-refractivity contribution in [3.05, 3.63) is 35.9 Å². The van der Waals surface area contributed by atoms with E-state index in [1.54, 1.807) is 0 Å². The number of ether oxygens (including phenoxy) is 2. The van der Waals surface area contributed by atoms with Gasteiger partial charge in [-0.15, -0.1) is 0 Å². The van der Waals surface area contributed by atoms with E-state index in [1.165, 1.54) is 0 Å². The second-order valence-corrected chi connectivity index (χ2v) is 8.24. The first-order valence-electron chi connectivity index (χ1n) is 9.49. The maximum absolute atomic E-state index is 11.8. The average molecular weight is 379 g/mol. The van der Waals surface area contributed by atoms with Crippen molar-refractivity contribution in [2.24, 2.45) is 0 Å². The third-order valence-corrected chi connectivity index (χ3v) is 3.81. The molecular weight excluding hydrogens is 344 g/mol. The molecular formula is C21H34N2O4. The summed E-state index contributed by atoms with van der Waals surface area (Å²) in [5.74, 6) is -0.180. The molecule has 0 radical (unpaired) electrons. The number of hydrogen-bond donors (Lipinski definition) is 2. The Labute approximate surface area is 163 Å². The van der Waals surface area contributed by atoms with Crippen LogP contribution in [0.2, 0.25) is 0 Å². The predicted octanol–water partition coefficient (Wildman–Crippen LogP) is 3.79. The van der Waals surface area contributed by atoms with Gasteiger partial charge >= 0.3 is 12.1 Å². The summed E-state index contributed by atoms with van der Waals surface area (Å²) in [5.41, 5.74) is 0.334. The number of hydrogen-bond acceptors (Lipinski definition) is 5. The molecule has 1 aromatic rings. The fourth-order valence-corrected chi connectivity index (χ4v) is 2.38. The number of rotatable bonds is 10. The second-order valence-electron chi connectivity index (χ2n) is 8.24. The van der Waals surface area contributed by atoms with Crippen molar-refractivity contribution >= 4 is 12.1 Å². The largest absolute Gasteiger partial charge is 0.460 e. The Morgan fingerprint density at radius 3 is 2.30 bits per heavy atom. The maximum atomic E-state index is 11.8. The van der Waals surface area contributed by atoms with Crippen LogP contribution in [0.1, 0.15) is 59.4 Å². The maximum Gasteiger partial charge on any atom is 0.407 e. The Morgan fingerprint density at radius 1 is 1.00 bits per heavy atom. The third kappa shape index (κ3) is 12.0. The molecule has 0 aliphatic rings. The van der Waals surface area contributed by atoms with Gasteiger partial charge in [0.15, 0.2) is 0 Å². The zero-order valence-electron chi connectivity index (χ0n) is 17.3. The summed E-state index contributed by atoms with van der Waals surface area (Å²) in [6.07, 6.45) is 1.43. The van der Waals surface area contributed by atoms with Gasteiger partial charge in [-0.2, -0.15) is 0 Å². The van der Waals surface area contributed by atoms with Crippen molar-refractivity contribution in [3.63, 3.8) is 0 Å². The number of benzene rings is 1. The van der Waals surface area contributed by atoms with Gasteiger partial charge in [-0.05, 0) is 59.6 Å². The fourth-order valence-electron chi connectivity index (χ4n) is 2.38. The molecule has 0 spiro atoms. The molecule has 152 valence electrons. The quantitative estimate of drug-likeness (QED) is 0.478. The van der Waals surface area contributed by atoms with Crippen LogP contribution in [0.15, 0.2) is 30.3 Å². The van der Waals surface area contributed by atoms with Gasteiger partial charge < -0.3 is 20.1 Å². The van der Waals surface area contributed by atoms with E-state index in [1.807, 2.05) is 51.1 Å². The van der Waals surface area contributed by atoms with E-state index in [0.29, 0.717) is 19.4 Å². The molecule has 27 heavy (non-hydrogen) atoms. The van der Waals surface area contributed by atoms with E-state index in [2.05, 4.69) is 24.5 Å². The molecule has 1 aromatic carbocycles. The van der Waals surface area contributed by atoms with Crippen molar-refractivity contribution < 1.29 is 19.1 Å². The zero-order chi connectivity index (χ0) is 20.3. The summed E-state index contributed by atoms with van der Waals surface area (Å²) < 4.78 is 10.5. The molecule has 0 atom stereocenters. The third-order valence-electron chi connectivity index (χ3n) is 3.81. The van der Waals surface area contributed by atoms with E-state index in [0.717, 1.165) is 18.5 Å². The predicted molar refractivity (Wildman–Crippen MR) is 106 cm³/mol. The minimum atomic E-state index is -0.449. The molecule has 6 heteroatoms. The van der Waals surface area contributed by atoms with Crippen LogP contribution in [0.25, 0.3) is 0 Å². The van der Waals surface area contributed by atoms with Crippen LogP contribution in [-0.4, -0.2) is 36.3 Å². The summed E-state index contributed by atoms with van der Waals surface area (Å²) in [7, 11) is 0. The lowest BCUT2D eigenvalue weighted by atomic mass is 9.98. The standard InChI is InChI=1S/C21H34N2O4/c1-20(2,3)27-18(24)12-13-21(4,5)23-15-9-14-22-19(25)26-16-17-10-7-6-8-11-17/h6-8,10-11,23H,9,12-16H2,1-5H3,(H,22,25). The van der Waals surface area contributed by atoms with Crippen molar-refractivity contribution in [1.29, 1.82) is 0 Å². The molecule has 0 aliphatic carbocycles. The number of alkyl carbamates (subject to hydrolysis) is 1. The number of nitrogens with one attached hydrogen (secondary N) is 2. The van der Waals surface area contributed by atoms with Crippen LogP contribution in [-0.2, 0) is 20.9 Å². The molecule has 6 nitrogen and oxygen atoms in total. The molecule has 0 saturated carbocycles. The van der Waals surface area contributed by atoms with Gasteiger partial charge in [0.1, 0.15) is 12.2 Å². The molecule has 2 N–H and O–H groups in total. The van der Waals surface area contributed by atoms with E-state index in [-0.39, 0.29) is 18.1 Å². The molecule has 0 fully saturated rings. The van der Waals surface area contributed by atoms with Crippen LogP contribution in [0.4, 0.5) is 4.79 Å². The van der Waals surface area contributed by atoms with Crippen molar-refractivity contribution in [1.82, 2.24) is 10.6 Å². The van der Waals surface area contributed by atoms with Gasteiger partial charge in [0.25, 0.3) is 0 Å². The van der Waals surface area contributed by atoms with Crippen LogP contribution >= 0.6 is 0 Å². The Bertz CT molecular complexity index is 580. The fraction of sp³-hybridized carbons (Fsp3) is 0.619. The van der Waals surface area contributed by atoms with Gasteiger partial charge in [-0.1, -0.05) is 30.3 Å². The van der Waals surface area contributed by atoms with E-state index in [9.17, 15) is 9.59 Å². The van der Waals surface area contributed by atoms with Gasteiger partial charge in [0.2, 0.25) is 0 Å². The van der Waals surface area contributed by atoms with Crippen LogP contribution in [0.5, 0.6) is 0 Å². The van der Waals surface area contributed by atoms with Gasteiger partial charge in [0.05, 0.1) is 0 Å². The van der Waals surface area contributed by atoms with E-state index >= 15 is 0 Å². The summed E-state index contributed by atoms with van der Waals surface area (Å²) in [6, 6.07) is 9.57. The van der Waals surface area contributed by atoms with Crippen LogP contribution < -0.4 is 10.6 Å². The smallest absolute Gasteiger partial charge is 0.407 e. The lowest BCUT2D eigenvalue weighted by Crippen LogP contribution is -2.41. The van der Waals surface area contributed by atoms with Crippen molar-refractivity contribution in [2.75, 3.05) is 13.1 Å². The highest BCUT2D eigenvalue weighted by Crippen LogP contribution is 2.15. The minimum absolute atomic E-state index is 0.176. The molecule has 0 unspecified atom stereocenters. The average Bonchev–Trinajstić information content (AvgIpc) is 2.57. The molecule has 0 heterocycles. The number of carbonyl (C=O) groups excluding carboxylic acids is 2. The normalized spacial score (nSPS) is 11.7. The van der Waals surface area contributed by atoms with Gasteiger partial charge in [0, 0.05) is 18.5 Å². The minimum Gasteiger partial charge on any atom is -0.460 e. The zero-order valence-corrected chi connectivity index (χ0v) is 17.3. The lowest BCUT2D eigenvalue weighted by Gasteiger charge is -2.27. The number of amides is 1.